The zero-order valence-corrected chi connectivity index (χ0v) is 30.8. The largest absolute Gasteiger partial charge is 0.508 e. The lowest BCUT2D eigenvalue weighted by Crippen LogP contribution is -2.36. The highest BCUT2D eigenvalue weighted by atomic mass is 16.4. The van der Waals surface area contributed by atoms with Gasteiger partial charge in [0.25, 0.3) is 0 Å². The fourth-order valence-electron chi connectivity index (χ4n) is 7.77. The van der Waals surface area contributed by atoms with Gasteiger partial charge in [0.1, 0.15) is 40.0 Å². The first-order chi connectivity index (χ1) is 28.9. The van der Waals surface area contributed by atoms with E-state index in [1.165, 1.54) is 25.1 Å². The SMILES string of the molecule is Cc1c(O)c(O)c(C2=NC(c3ccc(-c4c(O)cc(O)c5oc6c(O)cc(O)cc6c45)c4ccccc34)N=C(c3c(O)c(O)c4c(O)c(O)c(O)c(O)c4c3O)N2)c(O)c1O. The molecule has 0 saturated heterocycles. The van der Waals surface area contributed by atoms with Gasteiger partial charge in [0.05, 0.1) is 10.8 Å². The molecular weight excluding hydrogens is 802 g/mol. The van der Waals surface area contributed by atoms with Crippen LogP contribution in [-0.2, 0) is 0 Å². The average Bonchev–Trinajstić information content (AvgIpc) is 3.62. The number of phenols is 15. The Morgan fingerprint density at radius 3 is 1.61 bits per heavy atom. The van der Waals surface area contributed by atoms with Crippen molar-refractivity contribution in [2.24, 2.45) is 9.98 Å². The van der Waals surface area contributed by atoms with Crippen molar-refractivity contribution in [1.82, 2.24) is 5.32 Å². The minimum Gasteiger partial charge on any atom is -0.508 e. The van der Waals surface area contributed by atoms with Crippen LogP contribution in [0.15, 0.2) is 69.0 Å². The Kier molecular flexibility index (Phi) is 7.85. The maximum Gasteiger partial charge on any atom is 0.205 e. The predicted octanol–water partition coefficient (Wildman–Crippen LogP) is 5.95. The number of benzene rings is 7. The minimum absolute atomic E-state index is 0.0947. The summed E-state index contributed by atoms with van der Waals surface area (Å²) in [6, 6.07) is 12.9. The summed E-state index contributed by atoms with van der Waals surface area (Å²) in [5.74, 6) is -15.3. The molecule has 0 saturated carbocycles. The van der Waals surface area contributed by atoms with Gasteiger partial charge >= 0.3 is 0 Å². The molecule has 0 amide bonds. The van der Waals surface area contributed by atoms with Crippen molar-refractivity contribution in [3.8, 4) is 97.4 Å². The first-order valence-electron chi connectivity index (χ1n) is 17.7. The summed E-state index contributed by atoms with van der Waals surface area (Å²) in [5, 5.41) is 164. The molecule has 16 N–H and O–H groups in total. The first-order valence-corrected chi connectivity index (χ1v) is 17.7. The summed E-state index contributed by atoms with van der Waals surface area (Å²) in [6.07, 6.45) is -1.54. The monoisotopic (exact) mass is 831 g/mol. The molecule has 8 aromatic rings. The highest BCUT2D eigenvalue weighted by Crippen LogP contribution is 2.58. The number of nitrogens with one attached hydrogen (secondary N) is 1. The Hall–Kier alpha value is -9.00. The van der Waals surface area contributed by atoms with E-state index in [0.29, 0.717) is 16.3 Å². The van der Waals surface area contributed by atoms with E-state index in [1.54, 1.807) is 24.3 Å². The van der Waals surface area contributed by atoms with Crippen LogP contribution in [0.3, 0.4) is 0 Å². The summed E-state index contributed by atoms with van der Waals surface area (Å²) in [4.78, 5) is 9.11. The first kappa shape index (κ1) is 37.6. The molecule has 0 fully saturated rings. The van der Waals surface area contributed by atoms with E-state index in [-0.39, 0.29) is 44.4 Å². The molecule has 7 aromatic carbocycles. The van der Waals surface area contributed by atoms with Gasteiger partial charge in [-0.3, -0.25) is 0 Å². The average molecular weight is 832 g/mol. The molecular formula is C42H29N3O16. The molecule has 0 aliphatic carbocycles. The third kappa shape index (κ3) is 5.10. The standard InChI is InChI=1S/C42H29N3O16/c1-11-27(50)33(56)26(34(57)28(11)51)42-44-40(43-41(45-42)25-29(52)23-24(30(53)35(25)58)32(55)37(60)36(59)31(23)54)16-7-6-15(13-4-2-3-5-14(13)16)21-18(47)10-20(49)39-22(21)17-8-12(46)9-19(48)38(17)61-39/h2-10,40,46-60H,1H3,(H,43,44,45). The summed E-state index contributed by atoms with van der Waals surface area (Å²) >= 11 is 0. The molecule has 0 spiro atoms. The van der Waals surface area contributed by atoms with Gasteiger partial charge in [0, 0.05) is 39.6 Å². The maximum absolute atomic E-state index is 11.6. The number of furan rings is 1. The Balaban J connectivity index is 1.34. The van der Waals surface area contributed by atoms with Crippen LogP contribution in [0.5, 0.6) is 86.2 Å². The molecule has 1 aliphatic rings. The van der Waals surface area contributed by atoms with E-state index < -0.39 is 120 Å². The summed E-state index contributed by atoms with van der Waals surface area (Å²) in [7, 11) is 0. The number of aromatic hydroxyl groups is 15. The van der Waals surface area contributed by atoms with Gasteiger partial charge in [-0.2, -0.15) is 0 Å². The number of hydrogen-bond acceptors (Lipinski definition) is 19. The second kappa shape index (κ2) is 12.8. The third-order valence-corrected chi connectivity index (χ3v) is 10.7. The van der Waals surface area contributed by atoms with Gasteiger partial charge in [0.2, 0.25) is 11.5 Å². The Labute approximate surface area is 338 Å². The maximum atomic E-state index is 11.6. The van der Waals surface area contributed by atoms with Crippen molar-refractivity contribution in [3.63, 3.8) is 0 Å². The highest BCUT2D eigenvalue weighted by molar-refractivity contribution is 6.23. The molecule has 0 radical (unpaired) electrons. The quantitative estimate of drug-likeness (QED) is 0.0719. The molecule has 19 nitrogen and oxygen atoms in total. The normalized spacial score (nSPS) is 14.1. The van der Waals surface area contributed by atoms with E-state index >= 15 is 0 Å². The molecule has 0 bridgehead atoms. The van der Waals surface area contributed by atoms with Crippen LogP contribution in [0.2, 0.25) is 0 Å². The molecule has 19 heteroatoms. The molecule has 1 atom stereocenters. The van der Waals surface area contributed by atoms with Crippen LogP contribution in [0.1, 0.15) is 28.4 Å². The van der Waals surface area contributed by atoms with E-state index in [1.807, 2.05) is 0 Å². The summed E-state index contributed by atoms with van der Waals surface area (Å²) < 4.78 is 5.79. The van der Waals surface area contributed by atoms with Crippen LogP contribution in [-0.4, -0.2) is 88.3 Å². The Bertz CT molecular complexity index is 3340. The van der Waals surface area contributed by atoms with Crippen molar-refractivity contribution in [3.05, 3.63) is 76.9 Å². The van der Waals surface area contributed by atoms with Crippen LogP contribution < -0.4 is 5.32 Å². The fourth-order valence-corrected chi connectivity index (χ4v) is 7.77. The second-order valence-electron chi connectivity index (χ2n) is 14.1. The smallest absolute Gasteiger partial charge is 0.205 e. The number of phenolic OH excluding ortho intramolecular Hbond substituents is 15. The number of fused-ring (bicyclic) bond motifs is 5. The van der Waals surface area contributed by atoms with Gasteiger partial charge in [-0.25, -0.2) is 9.98 Å². The van der Waals surface area contributed by atoms with E-state index in [0.717, 1.165) is 12.1 Å². The highest BCUT2D eigenvalue weighted by Gasteiger charge is 2.35. The second-order valence-corrected chi connectivity index (χ2v) is 14.1. The van der Waals surface area contributed by atoms with Crippen LogP contribution in [0, 0.1) is 6.92 Å². The number of amidine groups is 2. The van der Waals surface area contributed by atoms with Crippen molar-refractivity contribution in [2.75, 3.05) is 0 Å². The lowest BCUT2D eigenvalue weighted by molar-refractivity contribution is 0.347. The fraction of sp³-hybridized carbons (Fsp3) is 0.0476. The van der Waals surface area contributed by atoms with E-state index in [4.69, 9.17) is 4.42 Å². The zero-order valence-electron chi connectivity index (χ0n) is 30.8. The number of nitrogens with zero attached hydrogens (tertiary/aromatic N) is 2. The van der Waals surface area contributed by atoms with E-state index in [2.05, 4.69) is 15.3 Å². The van der Waals surface area contributed by atoms with Crippen LogP contribution in [0.25, 0.3) is 54.6 Å². The lowest BCUT2D eigenvalue weighted by atomic mass is 9.90. The van der Waals surface area contributed by atoms with Crippen LogP contribution in [0.4, 0.5) is 0 Å². The molecule has 1 aliphatic heterocycles. The topological polar surface area (TPSA) is 353 Å². The zero-order chi connectivity index (χ0) is 43.7. The molecule has 2 heterocycles. The Morgan fingerprint density at radius 1 is 0.459 bits per heavy atom. The molecule has 61 heavy (non-hydrogen) atoms. The van der Waals surface area contributed by atoms with Gasteiger partial charge in [0.15, 0.2) is 74.8 Å². The van der Waals surface area contributed by atoms with E-state index in [9.17, 15) is 76.6 Å². The van der Waals surface area contributed by atoms with Gasteiger partial charge in [-0.15, -0.1) is 0 Å². The van der Waals surface area contributed by atoms with Gasteiger partial charge in [-0.1, -0.05) is 36.4 Å². The van der Waals surface area contributed by atoms with Gasteiger partial charge < -0.3 is 86.3 Å². The summed E-state index contributed by atoms with van der Waals surface area (Å²) in [6.45, 7) is 1.19. The molecule has 308 valence electrons. The number of hydrogen-bond donors (Lipinski definition) is 16. The van der Waals surface area contributed by atoms with Crippen molar-refractivity contribution < 1.29 is 81.0 Å². The lowest BCUT2D eigenvalue weighted by Gasteiger charge is -2.26. The van der Waals surface area contributed by atoms with Crippen molar-refractivity contribution >= 4 is 55.2 Å². The van der Waals surface area contributed by atoms with Crippen molar-refractivity contribution in [1.29, 1.82) is 0 Å². The Morgan fingerprint density at radius 2 is 0.984 bits per heavy atom. The van der Waals surface area contributed by atoms with Gasteiger partial charge in [-0.05, 0) is 29.3 Å². The van der Waals surface area contributed by atoms with Crippen LogP contribution >= 0.6 is 0 Å². The van der Waals surface area contributed by atoms with Crippen molar-refractivity contribution in [2.45, 2.75) is 13.1 Å². The molecule has 9 rings (SSSR count). The third-order valence-electron chi connectivity index (χ3n) is 10.7. The minimum atomic E-state index is -1.54. The molecule has 1 aromatic heterocycles. The number of rotatable bonds is 4. The predicted molar refractivity (Wildman–Crippen MR) is 216 cm³/mol. The molecule has 1 unspecified atom stereocenters. The number of aliphatic imine (C=N–C) groups is 2. The summed E-state index contributed by atoms with van der Waals surface area (Å²) in [5.41, 5.74) is -1.48.